The summed E-state index contributed by atoms with van der Waals surface area (Å²) in [5.41, 5.74) is 0.340. The maximum Gasteiger partial charge on any atom is 0.409 e. The molecule has 0 spiro atoms. The zero-order valence-corrected chi connectivity index (χ0v) is 17.7. The van der Waals surface area contributed by atoms with E-state index in [4.69, 9.17) is 4.74 Å². The second-order valence-electron chi connectivity index (χ2n) is 7.07. The predicted molar refractivity (Wildman–Crippen MR) is 105 cm³/mol. The smallest absolute Gasteiger partial charge is 0.409 e. The molecule has 1 aromatic carbocycles. The molecule has 160 valence electrons. The minimum Gasteiger partial charge on any atom is -0.450 e. The molecule has 0 N–H and O–H groups in total. The van der Waals surface area contributed by atoms with E-state index in [0.717, 1.165) is 0 Å². The van der Waals surface area contributed by atoms with Crippen molar-refractivity contribution in [3.05, 3.63) is 29.8 Å². The zero-order chi connectivity index (χ0) is 21.2. The monoisotopic (exact) mass is 444 g/mol. The lowest BCUT2D eigenvalue weighted by Crippen LogP contribution is -2.50. The Kier molecular flexibility index (Phi) is 6.18. The van der Waals surface area contributed by atoms with Gasteiger partial charge in [0.25, 0.3) is 5.91 Å². The van der Waals surface area contributed by atoms with Crippen LogP contribution in [0.4, 0.5) is 4.79 Å². The molecule has 0 unspecified atom stereocenters. The Bertz CT molecular complexity index is 980. The second kappa shape index (κ2) is 8.31. The molecular weight excluding hydrogens is 420 g/mol. The number of sulfone groups is 2. The molecule has 9 nitrogen and oxygen atoms in total. The number of nitrogens with zero attached hydrogens (tertiary/aromatic N) is 2. The number of amides is 2. The summed E-state index contributed by atoms with van der Waals surface area (Å²) in [4.78, 5) is 27.6. The molecule has 2 amide bonds. The Morgan fingerprint density at radius 2 is 1.66 bits per heavy atom. The number of benzene rings is 1. The van der Waals surface area contributed by atoms with Crippen LogP contribution in [-0.2, 0) is 24.4 Å². The van der Waals surface area contributed by atoms with Crippen LogP contribution in [0.3, 0.4) is 0 Å². The molecule has 3 rings (SSSR count). The molecule has 1 atom stereocenters. The van der Waals surface area contributed by atoms with Crippen molar-refractivity contribution in [1.29, 1.82) is 0 Å². The van der Waals surface area contributed by atoms with Gasteiger partial charge in [0, 0.05) is 31.7 Å². The number of hydrogen-bond donors (Lipinski definition) is 0. The van der Waals surface area contributed by atoms with Crippen molar-refractivity contribution >= 4 is 31.7 Å². The van der Waals surface area contributed by atoms with E-state index >= 15 is 0 Å². The fourth-order valence-electron chi connectivity index (χ4n) is 3.47. The Hall–Kier alpha value is -2.14. The van der Waals surface area contributed by atoms with Crippen molar-refractivity contribution < 1.29 is 31.2 Å². The van der Waals surface area contributed by atoms with E-state index in [-0.39, 0.29) is 28.7 Å². The van der Waals surface area contributed by atoms with Crippen molar-refractivity contribution in [3.63, 3.8) is 0 Å². The molecule has 11 heteroatoms. The Morgan fingerprint density at radius 1 is 1.07 bits per heavy atom. The normalized spacial score (nSPS) is 21.8. The van der Waals surface area contributed by atoms with Gasteiger partial charge in [-0.25, -0.2) is 21.6 Å². The maximum atomic E-state index is 12.7. The van der Waals surface area contributed by atoms with Crippen LogP contribution in [0.15, 0.2) is 29.2 Å². The fraction of sp³-hybridized carbons (Fsp3) is 0.556. The predicted octanol–water partition coefficient (Wildman–Crippen LogP) is 0.562. The van der Waals surface area contributed by atoms with Crippen LogP contribution in [0.1, 0.15) is 23.7 Å². The first-order valence-corrected chi connectivity index (χ1v) is 12.8. The topological polar surface area (TPSA) is 118 Å². The first kappa shape index (κ1) is 21.6. The van der Waals surface area contributed by atoms with Crippen molar-refractivity contribution in [2.24, 2.45) is 0 Å². The fourth-order valence-corrected chi connectivity index (χ4v) is 7.83. The molecule has 0 aromatic heterocycles. The highest BCUT2D eigenvalue weighted by molar-refractivity contribution is 7.96. The second-order valence-corrected chi connectivity index (χ2v) is 11.5. The summed E-state index contributed by atoms with van der Waals surface area (Å²) in [5, 5.41) is -0.940. The molecule has 29 heavy (non-hydrogen) atoms. The van der Waals surface area contributed by atoms with Gasteiger partial charge in [0.2, 0.25) is 0 Å². The summed E-state index contributed by atoms with van der Waals surface area (Å²) in [6.07, 6.45) is -0.307. The van der Waals surface area contributed by atoms with Gasteiger partial charge in [-0.3, -0.25) is 4.79 Å². The summed E-state index contributed by atoms with van der Waals surface area (Å²) in [5.74, 6) is -0.729. The summed E-state index contributed by atoms with van der Waals surface area (Å²) in [7, 11) is -7.08. The van der Waals surface area contributed by atoms with Gasteiger partial charge in [0.15, 0.2) is 19.7 Å². The van der Waals surface area contributed by atoms with Crippen molar-refractivity contribution in [3.8, 4) is 0 Å². The van der Waals surface area contributed by atoms with Crippen molar-refractivity contribution in [1.82, 2.24) is 9.80 Å². The summed E-state index contributed by atoms with van der Waals surface area (Å²) in [6, 6.07) is 5.58. The van der Waals surface area contributed by atoms with E-state index in [0.29, 0.717) is 38.3 Å². The van der Waals surface area contributed by atoms with Crippen LogP contribution in [0.2, 0.25) is 0 Å². The van der Waals surface area contributed by atoms with Gasteiger partial charge < -0.3 is 14.5 Å². The van der Waals surface area contributed by atoms with Gasteiger partial charge in [-0.15, -0.1) is 0 Å². The number of ether oxygens (including phenoxy) is 1. The van der Waals surface area contributed by atoms with Gasteiger partial charge in [-0.1, -0.05) is 0 Å². The van der Waals surface area contributed by atoms with Crippen LogP contribution in [0.5, 0.6) is 0 Å². The minimum absolute atomic E-state index is 0.0169. The number of carbonyl (C=O) groups is 2. The Balaban J connectivity index is 1.65. The van der Waals surface area contributed by atoms with Crippen molar-refractivity contribution in [2.45, 2.75) is 23.5 Å². The molecule has 2 heterocycles. The van der Waals surface area contributed by atoms with Gasteiger partial charge in [0.1, 0.15) is 0 Å². The lowest BCUT2D eigenvalue weighted by atomic mass is 10.2. The molecule has 0 saturated carbocycles. The highest BCUT2D eigenvalue weighted by Crippen LogP contribution is 2.25. The van der Waals surface area contributed by atoms with Gasteiger partial charge in [-0.05, 0) is 37.6 Å². The number of carbonyl (C=O) groups excluding carboxylic acids is 2. The average molecular weight is 445 g/mol. The van der Waals surface area contributed by atoms with E-state index in [1.54, 1.807) is 16.7 Å². The third-order valence-electron chi connectivity index (χ3n) is 5.15. The number of rotatable bonds is 4. The third-order valence-corrected chi connectivity index (χ3v) is 9.34. The standard InChI is InChI=1S/C18H24N2O7S2/c1-2-27-18(22)20-10-8-19(9-11-20)17(21)14-3-5-15(6-4-14)29(25,26)16-7-12-28(23,24)13-16/h3-6,16H,2,7-13H2,1H3/t16-/m1/s1. The first-order chi connectivity index (χ1) is 13.6. The summed E-state index contributed by atoms with van der Waals surface area (Å²) >= 11 is 0. The quantitative estimate of drug-likeness (QED) is 0.666. The SMILES string of the molecule is CCOC(=O)N1CCN(C(=O)c2ccc(S(=O)(=O)[C@@H]3CCS(=O)(=O)C3)cc2)CC1. The third kappa shape index (κ3) is 4.72. The highest BCUT2D eigenvalue weighted by Gasteiger charge is 2.38. The van der Waals surface area contributed by atoms with Crippen LogP contribution in [-0.4, -0.2) is 88.2 Å². The van der Waals surface area contributed by atoms with E-state index in [2.05, 4.69) is 0 Å². The Labute approximate surface area is 170 Å². The van der Waals surface area contributed by atoms with Crippen LogP contribution in [0, 0.1) is 0 Å². The minimum atomic E-state index is -3.76. The molecule has 0 aliphatic carbocycles. The largest absolute Gasteiger partial charge is 0.450 e. The first-order valence-electron chi connectivity index (χ1n) is 9.39. The lowest BCUT2D eigenvalue weighted by Gasteiger charge is -2.34. The molecule has 2 saturated heterocycles. The van der Waals surface area contributed by atoms with E-state index in [1.165, 1.54) is 24.3 Å². The van der Waals surface area contributed by atoms with Crippen LogP contribution in [0.25, 0.3) is 0 Å². The molecule has 2 fully saturated rings. The van der Waals surface area contributed by atoms with E-state index in [9.17, 15) is 26.4 Å². The van der Waals surface area contributed by atoms with Crippen molar-refractivity contribution in [2.75, 3.05) is 44.3 Å². The molecule has 0 bridgehead atoms. The van der Waals surface area contributed by atoms with Gasteiger partial charge in [0.05, 0.1) is 28.3 Å². The number of hydrogen-bond acceptors (Lipinski definition) is 7. The summed E-state index contributed by atoms with van der Waals surface area (Å²) < 4.78 is 53.4. The molecule has 0 radical (unpaired) electrons. The van der Waals surface area contributed by atoms with E-state index in [1.807, 2.05) is 0 Å². The van der Waals surface area contributed by atoms with E-state index < -0.39 is 31.0 Å². The molecule has 2 aliphatic heterocycles. The van der Waals surface area contributed by atoms with Gasteiger partial charge in [-0.2, -0.15) is 0 Å². The van der Waals surface area contributed by atoms with Crippen LogP contribution >= 0.6 is 0 Å². The van der Waals surface area contributed by atoms with Gasteiger partial charge >= 0.3 is 6.09 Å². The average Bonchev–Trinajstić information content (AvgIpc) is 3.08. The molecule has 1 aromatic rings. The summed E-state index contributed by atoms with van der Waals surface area (Å²) in [6.45, 7) is 3.48. The van der Waals surface area contributed by atoms with Crippen LogP contribution < -0.4 is 0 Å². The molecular formula is C18H24N2O7S2. The lowest BCUT2D eigenvalue weighted by molar-refractivity contribution is 0.0570. The highest BCUT2D eigenvalue weighted by atomic mass is 32.2. The maximum absolute atomic E-state index is 12.7. The molecule has 2 aliphatic rings. The Morgan fingerprint density at radius 3 is 2.17 bits per heavy atom. The number of piperazine rings is 1. The zero-order valence-electron chi connectivity index (χ0n) is 16.1.